The second kappa shape index (κ2) is 6.49. The maximum Gasteiger partial charge on any atom is 0.354 e. The van der Waals surface area contributed by atoms with Crippen LogP contribution >= 0.6 is 15.9 Å². The molecule has 1 amide bonds. The number of aryl methyl sites for hydroxylation is 1. The van der Waals surface area contributed by atoms with E-state index in [1.54, 1.807) is 18.2 Å². The number of halogens is 1. The number of rotatable bonds is 4. The highest BCUT2D eigenvalue weighted by atomic mass is 79.9. The third kappa shape index (κ3) is 3.88. The number of amides is 1. The zero-order valence-electron chi connectivity index (χ0n) is 11.3. The largest absolute Gasteiger partial charge is 0.477 e. The van der Waals surface area contributed by atoms with Crippen LogP contribution in [0.4, 0.5) is 0 Å². The highest BCUT2D eigenvalue weighted by Gasteiger charge is 2.08. The third-order valence-electron chi connectivity index (χ3n) is 2.92. The molecule has 0 saturated heterocycles. The van der Waals surface area contributed by atoms with Gasteiger partial charge in [-0.05, 0) is 42.3 Å². The summed E-state index contributed by atoms with van der Waals surface area (Å²) in [6, 6.07) is 8.40. The van der Waals surface area contributed by atoms with Crippen LogP contribution in [0, 0.1) is 6.92 Å². The Bertz CT molecular complexity index is 684. The number of benzene rings is 1. The van der Waals surface area contributed by atoms with Gasteiger partial charge in [0.1, 0.15) is 5.69 Å². The lowest BCUT2D eigenvalue weighted by Crippen LogP contribution is -2.23. The molecule has 0 saturated carbocycles. The zero-order valence-corrected chi connectivity index (χ0v) is 12.8. The van der Waals surface area contributed by atoms with Crippen molar-refractivity contribution in [2.24, 2.45) is 0 Å². The molecule has 2 rings (SSSR count). The molecule has 0 aliphatic carbocycles. The van der Waals surface area contributed by atoms with Crippen molar-refractivity contribution in [1.29, 1.82) is 0 Å². The number of carbonyl (C=O) groups excluding carboxylic acids is 1. The van der Waals surface area contributed by atoms with E-state index in [9.17, 15) is 9.59 Å². The number of hydrogen-bond donors (Lipinski definition) is 2. The minimum atomic E-state index is -1.07. The normalized spacial score (nSPS) is 10.2. The first-order valence-electron chi connectivity index (χ1n) is 6.20. The van der Waals surface area contributed by atoms with E-state index in [-0.39, 0.29) is 11.6 Å². The SMILES string of the molecule is Cc1cc(C(=O)NCc2ccc(C(=O)O)nc2)ccc1Br. The number of aromatic carboxylic acids is 1. The highest BCUT2D eigenvalue weighted by molar-refractivity contribution is 9.10. The molecule has 21 heavy (non-hydrogen) atoms. The molecule has 2 N–H and O–H groups in total. The van der Waals surface area contributed by atoms with E-state index in [0.717, 1.165) is 15.6 Å². The molecule has 5 nitrogen and oxygen atoms in total. The van der Waals surface area contributed by atoms with Crippen LogP contribution in [0.1, 0.15) is 32.0 Å². The van der Waals surface area contributed by atoms with Gasteiger partial charge in [0.15, 0.2) is 0 Å². The molecule has 108 valence electrons. The number of hydrogen-bond acceptors (Lipinski definition) is 3. The van der Waals surface area contributed by atoms with Crippen molar-refractivity contribution in [2.45, 2.75) is 13.5 Å². The predicted octanol–water partition coefficient (Wildman–Crippen LogP) is 2.78. The minimum absolute atomic E-state index is 0.0198. The Kier molecular flexibility index (Phi) is 4.70. The molecule has 0 bridgehead atoms. The van der Waals surface area contributed by atoms with E-state index >= 15 is 0 Å². The van der Waals surface area contributed by atoms with Gasteiger partial charge in [-0.15, -0.1) is 0 Å². The molecular weight excluding hydrogens is 336 g/mol. The average molecular weight is 349 g/mol. The molecule has 1 aromatic heterocycles. The van der Waals surface area contributed by atoms with Gasteiger partial charge in [0.2, 0.25) is 0 Å². The number of aromatic nitrogens is 1. The molecule has 0 unspecified atom stereocenters. The van der Waals surface area contributed by atoms with E-state index in [0.29, 0.717) is 12.1 Å². The molecule has 1 heterocycles. The Hall–Kier alpha value is -2.21. The van der Waals surface area contributed by atoms with Crippen molar-refractivity contribution in [3.63, 3.8) is 0 Å². The first kappa shape index (κ1) is 15.2. The number of pyridine rings is 1. The molecular formula is C15H13BrN2O3. The van der Waals surface area contributed by atoms with E-state index < -0.39 is 5.97 Å². The number of carbonyl (C=O) groups is 2. The Morgan fingerprint density at radius 3 is 2.62 bits per heavy atom. The van der Waals surface area contributed by atoms with Crippen LogP contribution in [0.15, 0.2) is 41.0 Å². The van der Waals surface area contributed by atoms with Crippen LogP contribution in [-0.2, 0) is 6.54 Å². The van der Waals surface area contributed by atoms with Gasteiger partial charge < -0.3 is 10.4 Å². The molecule has 0 spiro atoms. The van der Waals surface area contributed by atoms with Crippen LogP contribution in [0.3, 0.4) is 0 Å². The van der Waals surface area contributed by atoms with Gasteiger partial charge in [-0.1, -0.05) is 22.0 Å². The van der Waals surface area contributed by atoms with Crippen LogP contribution in [0.25, 0.3) is 0 Å². The van der Waals surface area contributed by atoms with E-state index in [2.05, 4.69) is 26.2 Å². The molecule has 0 aliphatic rings. The van der Waals surface area contributed by atoms with Crippen LogP contribution < -0.4 is 5.32 Å². The summed E-state index contributed by atoms with van der Waals surface area (Å²) < 4.78 is 0.951. The second-order valence-electron chi connectivity index (χ2n) is 4.50. The smallest absolute Gasteiger partial charge is 0.354 e. The van der Waals surface area contributed by atoms with Crippen molar-refractivity contribution in [3.05, 3.63) is 63.4 Å². The lowest BCUT2D eigenvalue weighted by atomic mass is 10.1. The fraction of sp³-hybridized carbons (Fsp3) is 0.133. The van der Waals surface area contributed by atoms with Crippen LogP contribution in [0.5, 0.6) is 0 Å². The Labute approximate surface area is 130 Å². The van der Waals surface area contributed by atoms with E-state index in [1.807, 2.05) is 13.0 Å². The molecule has 0 atom stereocenters. The second-order valence-corrected chi connectivity index (χ2v) is 5.36. The summed E-state index contributed by atoms with van der Waals surface area (Å²) in [5.41, 5.74) is 2.27. The lowest BCUT2D eigenvalue weighted by molar-refractivity contribution is 0.0690. The number of carboxylic acids is 1. The molecule has 0 fully saturated rings. The summed E-state index contributed by atoms with van der Waals surface area (Å²) in [4.78, 5) is 26.5. The van der Waals surface area contributed by atoms with Crippen molar-refractivity contribution in [1.82, 2.24) is 10.3 Å². The van der Waals surface area contributed by atoms with Gasteiger partial charge in [0.05, 0.1) is 0 Å². The highest BCUT2D eigenvalue weighted by Crippen LogP contribution is 2.17. The maximum atomic E-state index is 12.0. The van der Waals surface area contributed by atoms with Gasteiger partial charge in [-0.25, -0.2) is 9.78 Å². The quantitative estimate of drug-likeness (QED) is 0.890. The third-order valence-corrected chi connectivity index (χ3v) is 3.81. The Balaban J connectivity index is 2.00. The summed E-state index contributed by atoms with van der Waals surface area (Å²) in [5, 5.41) is 11.5. The first-order valence-corrected chi connectivity index (χ1v) is 6.99. The summed E-state index contributed by atoms with van der Waals surface area (Å²) in [7, 11) is 0. The molecule has 1 aromatic carbocycles. The summed E-state index contributed by atoms with van der Waals surface area (Å²) in [6.45, 7) is 2.20. The predicted molar refractivity (Wildman–Crippen MR) is 81.2 cm³/mol. The maximum absolute atomic E-state index is 12.0. The molecule has 0 aliphatic heterocycles. The van der Waals surface area contributed by atoms with Gasteiger partial charge in [-0.3, -0.25) is 4.79 Å². The Morgan fingerprint density at radius 1 is 1.29 bits per heavy atom. The van der Waals surface area contributed by atoms with Crippen molar-refractivity contribution >= 4 is 27.8 Å². The lowest BCUT2D eigenvalue weighted by Gasteiger charge is -2.07. The van der Waals surface area contributed by atoms with Crippen LogP contribution in [0.2, 0.25) is 0 Å². The summed E-state index contributed by atoms with van der Waals surface area (Å²) in [6.07, 6.45) is 1.44. The topological polar surface area (TPSA) is 79.3 Å². The van der Waals surface area contributed by atoms with Gasteiger partial charge >= 0.3 is 5.97 Å². The molecule has 0 radical (unpaired) electrons. The molecule has 6 heteroatoms. The van der Waals surface area contributed by atoms with E-state index in [1.165, 1.54) is 12.3 Å². The Morgan fingerprint density at radius 2 is 2.05 bits per heavy atom. The van der Waals surface area contributed by atoms with Crippen molar-refractivity contribution in [3.8, 4) is 0 Å². The fourth-order valence-electron chi connectivity index (χ4n) is 1.73. The fourth-order valence-corrected chi connectivity index (χ4v) is 1.97. The number of nitrogens with one attached hydrogen (secondary N) is 1. The zero-order chi connectivity index (χ0) is 15.4. The van der Waals surface area contributed by atoms with Crippen molar-refractivity contribution < 1.29 is 14.7 Å². The number of nitrogens with zero attached hydrogens (tertiary/aromatic N) is 1. The standard InChI is InChI=1S/C15H13BrN2O3/c1-9-6-11(3-4-12(9)16)14(19)18-8-10-2-5-13(15(20)21)17-7-10/h2-7H,8H2,1H3,(H,18,19)(H,20,21). The van der Waals surface area contributed by atoms with Gasteiger partial charge in [-0.2, -0.15) is 0 Å². The summed E-state index contributed by atoms with van der Waals surface area (Å²) >= 11 is 3.38. The van der Waals surface area contributed by atoms with Crippen molar-refractivity contribution in [2.75, 3.05) is 0 Å². The monoisotopic (exact) mass is 348 g/mol. The van der Waals surface area contributed by atoms with Gasteiger partial charge in [0.25, 0.3) is 5.91 Å². The number of carboxylic acid groups (broad SMARTS) is 1. The van der Waals surface area contributed by atoms with Crippen LogP contribution in [-0.4, -0.2) is 22.0 Å². The first-order chi connectivity index (χ1) is 9.97. The molecule has 2 aromatic rings. The minimum Gasteiger partial charge on any atom is -0.477 e. The average Bonchev–Trinajstić information content (AvgIpc) is 2.48. The van der Waals surface area contributed by atoms with E-state index in [4.69, 9.17) is 5.11 Å². The van der Waals surface area contributed by atoms with Gasteiger partial charge in [0, 0.05) is 22.8 Å². The summed E-state index contributed by atoms with van der Waals surface area (Å²) in [5.74, 6) is -1.26.